The molecule has 52 valence electrons. The monoisotopic (exact) mass is 132 g/mol. The van der Waals surface area contributed by atoms with Gasteiger partial charge < -0.3 is 0 Å². The Morgan fingerprint density at radius 3 is 3.00 bits per heavy atom. The van der Waals surface area contributed by atoms with Crippen LogP contribution < -0.4 is 0 Å². The first-order chi connectivity index (χ1) is 4.83. The fourth-order valence-corrected chi connectivity index (χ4v) is 0.957. The van der Waals surface area contributed by atoms with Crippen LogP contribution in [0.1, 0.15) is 6.92 Å². The lowest BCUT2D eigenvalue weighted by Crippen LogP contribution is -1.81. The summed E-state index contributed by atoms with van der Waals surface area (Å²) in [7, 11) is 0. The van der Waals surface area contributed by atoms with E-state index in [1.807, 2.05) is 12.2 Å². The molecule has 0 radical (unpaired) electrons. The number of hydrogen-bond donors (Lipinski definition) is 0. The van der Waals surface area contributed by atoms with Gasteiger partial charge in [-0.05, 0) is 11.5 Å². The summed E-state index contributed by atoms with van der Waals surface area (Å²) in [4.78, 5) is 0. The van der Waals surface area contributed by atoms with Gasteiger partial charge in [-0.1, -0.05) is 50.0 Å². The van der Waals surface area contributed by atoms with Crippen molar-refractivity contribution in [2.75, 3.05) is 0 Å². The van der Waals surface area contributed by atoms with Crippen LogP contribution in [0.2, 0.25) is 0 Å². The molecule has 0 amide bonds. The zero-order chi connectivity index (χ0) is 7.40. The van der Waals surface area contributed by atoms with E-state index in [9.17, 15) is 0 Å². The van der Waals surface area contributed by atoms with Crippen molar-refractivity contribution in [3.05, 3.63) is 48.6 Å². The van der Waals surface area contributed by atoms with Crippen molar-refractivity contribution in [3.8, 4) is 0 Å². The highest BCUT2D eigenvalue weighted by atomic mass is 14.0. The van der Waals surface area contributed by atoms with Gasteiger partial charge in [-0.15, -0.1) is 0 Å². The molecule has 0 spiro atoms. The van der Waals surface area contributed by atoms with Crippen LogP contribution in [0, 0.1) is 5.92 Å². The molecule has 0 aliphatic heterocycles. The van der Waals surface area contributed by atoms with E-state index in [0.717, 1.165) is 0 Å². The molecule has 0 bridgehead atoms. The van der Waals surface area contributed by atoms with Crippen LogP contribution in [0.25, 0.3) is 0 Å². The van der Waals surface area contributed by atoms with Gasteiger partial charge in [0, 0.05) is 0 Å². The Labute approximate surface area is 62.3 Å². The standard InChI is InChI=1S/C10H12/c1-3-10-7-5-4-6-9(2)8-10/h3-9H,1H2,2H3. The number of allylic oxidation sites excluding steroid dienone is 7. The summed E-state index contributed by atoms with van der Waals surface area (Å²) in [5.41, 5.74) is 1.21. The van der Waals surface area contributed by atoms with Gasteiger partial charge >= 0.3 is 0 Å². The van der Waals surface area contributed by atoms with Crippen LogP contribution in [0.15, 0.2) is 48.6 Å². The molecule has 1 aliphatic rings. The number of hydrogen-bond acceptors (Lipinski definition) is 0. The zero-order valence-electron chi connectivity index (χ0n) is 6.25. The molecular weight excluding hydrogens is 120 g/mol. The van der Waals surface area contributed by atoms with E-state index in [0.29, 0.717) is 5.92 Å². The van der Waals surface area contributed by atoms with Gasteiger partial charge in [-0.3, -0.25) is 0 Å². The summed E-state index contributed by atoms with van der Waals surface area (Å²) in [6.45, 7) is 5.87. The van der Waals surface area contributed by atoms with Crippen molar-refractivity contribution in [2.45, 2.75) is 6.92 Å². The molecule has 1 atom stereocenters. The van der Waals surface area contributed by atoms with Gasteiger partial charge in [0.25, 0.3) is 0 Å². The minimum atomic E-state index is 0.531. The van der Waals surface area contributed by atoms with Crippen LogP contribution >= 0.6 is 0 Å². The predicted molar refractivity (Wildman–Crippen MR) is 45.7 cm³/mol. The quantitative estimate of drug-likeness (QED) is 0.514. The first-order valence-corrected chi connectivity index (χ1v) is 3.52. The average Bonchev–Trinajstić information content (AvgIpc) is 2.13. The highest BCUT2D eigenvalue weighted by Crippen LogP contribution is 2.10. The highest BCUT2D eigenvalue weighted by Gasteiger charge is 1.94. The van der Waals surface area contributed by atoms with Gasteiger partial charge in [-0.25, -0.2) is 0 Å². The lowest BCUT2D eigenvalue weighted by atomic mass is 10.1. The van der Waals surface area contributed by atoms with Crippen LogP contribution in [0.5, 0.6) is 0 Å². The van der Waals surface area contributed by atoms with E-state index in [1.165, 1.54) is 5.57 Å². The van der Waals surface area contributed by atoms with E-state index < -0.39 is 0 Å². The molecule has 0 aromatic carbocycles. The second kappa shape index (κ2) is 3.21. The topological polar surface area (TPSA) is 0 Å². The number of rotatable bonds is 1. The lowest BCUT2D eigenvalue weighted by Gasteiger charge is -1.95. The van der Waals surface area contributed by atoms with Crippen molar-refractivity contribution >= 4 is 0 Å². The van der Waals surface area contributed by atoms with Crippen LogP contribution in [0.3, 0.4) is 0 Å². The molecule has 10 heavy (non-hydrogen) atoms. The normalized spacial score (nSPS) is 23.7. The van der Waals surface area contributed by atoms with E-state index in [4.69, 9.17) is 0 Å². The molecule has 1 aliphatic carbocycles. The van der Waals surface area contributed by atoms with Crippen molar-refractivity contribution in [3.63, 3.8) is 0 Å². The van der Waals surface area contributed by atoms with Crippen LogP contribution in [0.4, 0.5) is 0 Å². The second-order valence-corrected chi connectivity index (χ2v) is 2.47. The summed E-state index contributed by atoms with van der Waals surface area (Å²) < 4.78 is 0. The molecule has 0 N–H and O–H groups in total. The van der Waals surface area contributed by atoms with Crippen molar-refractivity contribution in [2.24, 2.45) is 5.92 Å². The molecule has 0 saturated carbocycles. The van der Waals surface area contributed by atoms with Crippen LogP contribution in [-0.2, 0) is 0 Å². The molecule has 0 fully saturated rings. The Balaban J connectivity index is 2.83. The van der Waals surface area contributed by atoms with E-state index in [-0.39, 0.29) is 0 Å². The third-order valence-corrected chi connectivity index (χ3v) is 1.51. The minimum absolute atomic E-state index is 0.531. The molecule has 1 unspecified atom stereocenters. The Bertz CT molecular complexity index is 204. The molecule has 1 rings (SSSR count). The summed E-state index contributed by atoms with van der Waals surface area (Å²) in [5.74, 6) is 0.531. The van der Waals surface area contributed by atoms with Crippen molar-refractivity contribution in [1.82, 2.24) is 0 Å². The lowest BCUT2D eigenvalue weighted by molar-refractivity contribution is 0.937. The Kier molecular flexibility index (Phi) is 2.27. The maximum Gasteiger partial charge on any atom is -0.00698 e. The summed E-state index contributed by atoms with van der Waals surface area (Å²) in [5, 5.41) is 0. The molecule has 0 nitrogen and oxygen atoms in total. The molecule has 0 aromatic rings. The van der Waals surface area contributed by atoms with Gasteiger partial charge in [0.2, 0.25) is 0 Å². The summed E-state index contributed by atoms with van der Waals surface area (Å²) in [6, 6.07) is 0. The van der Waals surface area contributed by atoms with Crippen LogP contribution in [-0.4, -0.2) is 0 Å². The second-order valence-electron chi connectivity index (χ2n) is 2.47. The Morgan fingerprint density at radius 1 is 1.50 bits per heavy atom. The van der Waals surface area contributed by atoms with Gasteiger partial charge in [-0.2, -0.15) is 0 Å². The van der Waals surface area contributed by atoms with E-state index in [2.05, 4.69) is 37.8 Å². The van der Waals surface area contributed by atoms with Gasteiger partial charge in [0.05, 0.1) is 0 Å². The van der Waals surface area contributed by atoms with Crippen molar-refractivity contribution < 1.29 is 0 Å². The maximum absolute atomic E-state index is 3.71. The fraction of sp³-hybridized carbons (Fsp3) is 0.200. The average molecular weight is 132 g/mol. The SMILES string of the molecule is C=CC1=CC(C)C=CC=C1. The fourth-order valence-electron chi connectivity index (χ4n) is 0.957. The van der Waals surface area contributed by atoms with Crippen molar-refractivity contribution in [1.29, 1.82) is 0 Å². The Morgan fingerprint density at radius 2 is 2.30 bits per heavy atom. The molecular formula is C10H12. The first kappa shape index (κ1) is 7.07. The minimum Gasteiger partial charge on any atom is -0.0985 e. The van der Waals surface area contributed by atoms with E-state index >= 15 is 0 Å². The maximum atomic E-state index is 3.71. The third-order valence-electron chi connectivity index (χ3n) is 1.51. The Hall–Kier alpha value is -1.04. The van der Waals surface area contributed by atoms with Gasteiger partial charge in [0.15, 0.2) is 0 Å². The zero-order valence-corrected chi connectivity index (χ0v) is 6.25. The highest BCUT2D eigenvalue weighted by molar-refractivity contribution is 5.34. The first-order valence-electron chi connectivity index (χ1n) is 3.52. The summed E-state index contributed by atoms with van der Waals surface area (Å²) in [6.07, 6.45) is 12.4. The molecule has 0 heterocycles. The van der Waals surface area contributed by atoms with E-state index in [1.54, 1.807) is 0 Å². The third kappa shape index (κ3) is 1.73. The summed E-state index contributed by atoms with van der Waals surface area (Å²) >= 11 is 0. The molecule has 0 aromatic heterocycles. The predicted octanol–water partition coefficient (Wildman–Crippen LogP) is 2.86. The largest absolute Gasteiger partial charge is 0.0985 e. The molecule has 0 saturated heterocycles. The smallest absolute Gasteiger partial charge is 0.00698 e. The molecule has 0 heteroatoms. The van der Waals surface area contributed by atoms with Gasteiger partial charge in [0.1, 0.15) is 0 Å².